The molecule has 0 saturated heterocycles. The lowest BCUT2D eigenvalue weighted by Gasteiger charge is -1.82. The van der Waals surface area contributed by atoms with E-state index in [1.165, 1.54) is 19.5 Å². The smallest absolute Gasteiger partial charge is 0.161 e. The van der Waals surface area contributed by atoms with Gasteiger partial charge in [-0.3, -0.25) is 0 Å². The van der Waals surface area contributed by atoms with E-state index in [0.717, 1.165) is 0 Å². The Kier molecular flexibility index (Phi) is 0.692. The van der Waals surface area contributed by atoms with Crippen molar-refractivity contribution in [1.82, 2.24) is 4.68 Å². The highest BCUT2D eigenvalue weighted by Gasteiger charge is 2.13. The van der Waals surface area contributed by atoms with Crippen molar-refractivity contribution in [3.63, 3.8) is 0 Å². The van der Waals surface area contributed by atoms with Gasteiger partial charge in [0.1, 0.15) is 0 Å². The maximum atomic E-state index is 2.24. The zero-order valence-corrected chi connectivity index (χ0v) is 4.75. The minimum absolute atomic E-state index is 1.20. The highest BCUT2D eigenvalue weighted by molar-refractivity contribution is 4.72. The number of hydrogen-bond donors (Lipinski definition) is 0. The largest absolute Gasteiger partial charge is 0.195 e. The van der Waals surface area contributed by atoms with Crippen LogP contribution in [-0.2, 0) is 13.1 Å². The molecule has 2 heteroatoms. The van der Waals surface area contributed by atoms with Crippen LogP contribution in [0.2, 0.25) is 0 Å². The molecule has 0 saturated carbocycles. The second kappa shape index (κ2) is 1.34. The first-order chi connectivity index (χ1) is 3.97. The highest BCUT2D eigenvalue weighted by atomic mass is 15.4. The molecule has 8 heavy (non-hydrogen) atoms. The monoisotopic (exact) mass is 109 g/mol. The number of fused-ring (bicyclic) bond motifs is 1. The van der Waals surface area contributed by atoms with E-state index in [4.69, 9.17) is 0 Å². The van der Waals surface area contributed by atoms with Gasteiger partial charge in [-0.15, -0.1) is 4.68 Å². The lowest BCUT2D eigenvalue weighted by atomic mass is 10.4. The van der Waals surface area contributed by atoms with Crippen LogP contribution < -0.4 is 4.68 Å². The predicted molar refractivity (Wildman–Crippen MR) is 29.2 cm³/mol. The van der Waals surface area contributed by atoms with Crippen LogP contribution in [0.1, 0.15) is 6.42 Å². The van der Waals surface area contributed by atoms with Gasteiger partial charge in [0.05, 0.1) is 12.7 Å². The molecule has 0 N–H and O–H groups in total. The summed E-state index contributed by atoms with van der Waals surface area (Å²) in [5.41, 5.74) is 0. The van der Waals surface area contributed by atoms with Crippen LogP contribution in [0, 0.1) is 0 Å². The third-order valence-electron chi connectivity index (χ3n) is 1.62. The molecule has 1 aromatic heterocycles. The molecule has 0 aliphatic carbocycles. The average molecular weight is 109 g/mol. The molecule has 42 valence electrons. The minimum Gasteiger partial charge on any atom is -0.161 e. The van der Waals surface area contributed by atoms with Gasteiger partial charge in [-0.2, -0.15) is 4.68 Å². The summed E-state index contributed by atoms with van der Waals surface area (Å²) in [6.07, 6.45) is 5.54. The van der Waals surface area contributed by atoms with E-state index in [-0.39, 0.29) is 0 Å². The van der Waals surface area contributed by atoms with E-state index in [0.29, 0.717) is 0 Å². The van der Waals surface area contributed by atoms with Crippen molar-refractivity contribution in [3.8, 4) is 0 Å². The predicted octanol–water partition coefficient (Wildman–Crippen LogP) is 0.179. The first kappa shape index (κ1) is 4.13. The molecular weight excluding hydrogens is 100 g/mol. The number of rotatable bonds is 0. The number of aromatic nitrogens is 2. The van der Waals surface area contributed by atoms with Crippen LogP contribution in [0.3, 0.4) is 0 Å². The van der Waals surface area contributed by atoms with Crippen molar-refractivity contribution < 1.29 is 4.68 Å². The van der Waals surface area contributed by atoms with Crippen molar-refractivity contribution >= 4 is 0 Å². The Morgan fingerprint density at radius 2 is 2.50 bits per heavy atom. The van der Waals surface area contributed by atoms with Crippen LogP contribution in [0.15, 0.2) is 18.5 Å². The average Bonchev–Trinajstić information content (AvgIpc) is 2.15. The normalized spacial score (nSPS) is 16.5. The molecule has 0 unspecified atom stereocenters. The van der Waals surface area contributed by atoms with Crippen molar-refractivity contribution in [2.45, 2.75) is 19.5 Å². The quantitative estimate of drug-likeness (QED) is 0.420. The molecule has 0 radical (unpaired) electrons. The van der Waals surface area contributed by atoms with E-state index < -0.39 is 0 Å². The summed E-state index contributed by atoms with van der Waals surface area (Å²) < 4.78 is 4.47. The summed E-state index contributed by atoms with van der Waals surface area (Å²) >= 11 is 0. The van der Waals surface area contributed by atoms with E-state index in [1.54, 1.807) is 0 Å². The van der Waals surface area contributed by atoms with Gasteiger partial charge in [0.2, 0.25) is 0 Å². The first-order valence-corrected chi connectivity index (χ1v) is 3.02. The van der Waals surface area contributed by atoms with Gasteiger partial charge in [0.15, 0.2) is 12.7 Å². The van der Waals surface area contributed by atoms with Crippen molar-refractivity contribution in [3.05, 3.63) is 18.5 Å². The summed E-state index contributed by atoms with van der Waals surface area (Å²) in [5, 5.41) is 0. The van der Waals surface area contributed by atoms with Gasteiger partial charge in [-0.05, 0) is 0 Å². The fraction of sp³-hybridized carbons (Fsp3) is 0.500. The van der Waals surface area contributed by atoms with E-state index in [2.05, 4.69) is 27.8 Å². The molecule has 0 amide bonds. The van der Waals surface area contributed by atoms with Crippen LogP contribution in [-0.4, -0.2) is 4.68 Å². The fourth-order valence-corrected chi connectivity index (χ4v) is 1.21. The molecule has 1 aliphatic rings. The zero-order chi connectivity index (χ0) is 5.40. The Labute approximate surface area is 48.3 Å². The van der Waals surface area contributed by atoms with Crippen LogP contribution in [0.25, 0.3) is 0 Å². The standard InChI is InChI=1S/C6H9N2/c1-3-7-5-2-6-8(7)4-1/h1,3-4H,2,5-6H2/q+1. The second-order valence-electron chi connectivity index (χ2n) is 2.17. The maximum absolute atomic E-state index is 2.24. The molecule has 0 spiro atoms. The van der Waals surface area contributed by atoms with Crippen LogP contribution >= 0.6 is 0 Å². The topological polar surface area (TPSA) is 8.81 Å². The fourth-order valence-electron chi connectivity index (χ4n) is 1.21. The summed E-state index contributed by atoms with van der Waals surface area (Å²) in [4.78, 5) is 0. The zero-order valence-electron chi connectivity index (χ0n) is 4.75. The molecule has 2 rings (SSSR count). The number of hydrogen-bond acceptors (Lipinski definition) is 0. The Bertz CT molecular complexity index is 172. The van der Waals surface area contributed by atoms with Crippen molar-refractivity contribution in [2.75, 3.05) is 0 Å². The summed E-state index contributed by atoms with van der Waals surface area (Å²) in [5.74, 6) is 0. The van der Waals surface area contributed by atoms with Gasteiger partial charge in [-0.25, -0.2) is 0 Å². The Morgan fingerprint density at radius 3 is 3.38 bits per heavy atom. The molecule has 0 aromatic carbocycles. The van der Waals surface area contributed by atoms with Crippen LogP contribution in [0.5, 0.6) is 0 Å². The molecule has 2 nitrogen and oxygen atoms in total. The van der Waals surface area contributed by atoms with Gasteiger partial charge < -0.3 is 0 Å². The molecule has 2 heterocycles. The van der Waals surface area contributed by atoms with Gasteiger partial charge in [-0.1, -0.05) is 0 Å². The summed E-state index contributed by atoms with van der Waals surface area (Å²) in [6, 6.07) is 2.08. The molecule has 0 fully saturated rings. The minimum atomic E-state index is 1.20. The van der Waals surface area contributed by atoms with Crippen molar-refractivity contribution in [1.29, 1.82) is 0 Å². The number of nitrogens with zero attached hydrogens (tertiary/aromatic N) is 2. The lowest BCUT2D eigenvalue weighted by molar-refractivity contribution is -0.757. The van der Waals surface area contributed by atoms with Gasteiger partial charge >= 0.3 is 0 Å². The Hall–Kier alpha value is -0.790. The van der Waals surface area contributed by atoms with Crippen molar-refractivity contribution in [2.24, 2.45) is 0 Å². The van der Waals surface area contributed by atoms with Gasteiger partial charge in [0, 0.05) is 12.5 Å². The molecule has 1 aliphatic heterocycles. The summed E-state index contributed by atoms with van der Waals surface area (Å²) in [7, 11) is 0. The van der Waals surface area contributed by atoms with Gasteiger partial charge in [0.25, 0.3) is 0 Å². The molecule has 0 atom stereocenters. The highest BCUT2D eigenvalue weighted by Crippen LogP contribution is 1.94. The molecular formula is C6H9N2+. The van der Waals surface area contributed by atoms with E-state index in [1.807, 2.05) is 0 Å². The van der Waals surface area contributed by atoms with E-state index in [9.17, 15) is 0 Å². The second-order valence-corrected chi connectivity index (χ2v) is 2.17. The summed E-state index contributed by atoms with van der Waals surface area (Å²) in [6.45, 7) is 2.40. The maximum Gasteiger partial charge on any atom is 0.195 e. The molecule has 1 aromatic rings. The third kappa shape index (κ3) is 0.399. The van der Waals surface area contributed by atoms with Crippen LogP contribution in [0.4, 0.5) is 0 Å². The SMILES string of the molecule is c1cn2[n+](c1)CCC2. The Morgan fingerprint density at radius 1 is 1.50 bits per heavy atom. The number of aryl methyl sites for hydroxylation is 2. The third-order valence-corrected chi connectivity index (χ3v) is 1.62. The Balaban J connectivity index is 2.54. The first-order valence-electron chi connectivity index (χ1n) is 3.02. The lowest BCUT2D eigenvalue weighted by Crippen LogP contribution is -2.35. The molecule has 0 bridgehead atoms. The van der Waals surface area contributed by atoms with E-state index >= 15 is 0 Å².